The first-order valence-electron chi connectivity index (χ1n) is 3.58. The number of carbonyl (C=O) groups is 1. The van der Waals surface area contributed by atoms with Crippen molar-refractivity contribution in [3.8, 4) is 0 Å². The fourth-order valence-corrected chi connectivity index (χ4v) is 1.22. The molecule has 0 atom stereocenters. The second kappa shape index (κ2) is 4.68. The predicted octanol–water partition coefficient (Wildman–Crippen LogP) is -0.0244. The molecule has 1 heterocycles. The summed E-state index contributed by atoms with van der Waals surface area (Å²) in [4.78, 5) is 14.6. The Bertz CT molecular complexity index is 308. The van der Waals surface area contributed by atoms with Gasteiger partial charge in [0.05, 0.1) is 5.71 Å². The maximum atomic E-state index is 10.6. The van der Waals surface area contributed by atoms with E-state index in [2.05, 4.69) is 15.5 Å². The van der Waals surface area contributed by atoms with E-state index in [9.17, 15) is 4.79 Å². The van der Waals surface area contributed by atoms with Crippen molar-refractivity contribution in [2.45, 2.75) is 6.92 Å². The van der Waals surface area contributed by atoms with Crippen molar-refractivity contribution in [1.29, 1.82) is 0 Å². The monoisotopic (exact) mass is 199 g/mol. The summed E-state index contributed by atoms with van der Waals surface area (Å²) in [5, 5.41) is 14.7. The van der Waals surface area contributed by atoms with Crippen molar-refractivity contribution in [2.75, 3.05) is 6.61 Å². The fraction of sp³-hybridized carbons (Fsp3) is 0.286. The molecule has 6 heteroatoms. The summed E-state index contributed by atoms with van der Waals surface area (Å²) in [5.41, 5.74) is 2.81. The summed E-state index contributed by atoms with van der Waals surface area (Å²) in [6, 6.07) is 0. The van der Waals surface area contributed by atoms with Crippen LogP contribution in [0.4, 0.5) is 0 Å². The summed E-state index contributed by atoms with van der Waals surface area (Å²) in [5.74, 6) is -0.532. The van der Waals surface area contributed by atoms with Gasteiger partial charge in [-0.25, -0.2) is 10.4 Å². The number of amides is 1. The smallest absolute Gasteiger partial charge is 0.265 e. The summed E-state index contributed by atoms with van der Waals surface area (Å²) < 4.78 is 0. The van der Waals surface area contributed by atoms with Crippen molar-refractivity contribution in [3.63, 3.8) is 0 Å². The summed E-state index contributed by atoms with van der Waals surface area (Å²) in [7, 11) is 0. The minimum absolute atomic E-state index is 0.532. The Morgan fingerprint density at radius 1 is 1.85 bits per heavy atom. The number of carbonyl (C=O) groups excluding carboxylic acids is 1. The van der Waals surface area contributed by atoms with E-state index in [1.54, 1.807) is 13.1 Å². The van der Waals surface area contributed by atoms with Gasteiger partial charge in [-0.15, -0.1) is 11.3 Å². The van der Waals surface area contributed by atoms with Gasteiger partial charge in [-0.3, -0.25) is 4.79 Å². The molecule has 1 aromatic rings. The predicted molar refractivity (Wildman–Crippen MR) is 49.6 cm³/mol. The van der Waals surface area contributed by atoms with Gasteiger partial charge in [-0.05, 0) is 6.92 Å². The standard InChI is InChI=1S/C7H9N3O2S/c1-5(7-8-2-3-13-7)9-10-6(12)4-11/h2-3,11H,4H2,1H3,(H,10,12)/b9-5-. The number of aliphatic hydroxyl groups is 1. The van der Waals surface area contributed by atoms with Crippen LogP contribution in [-0.4, -0.2) is 28.3 Å². The van der Waals surface area contributed by atoms with Crippen molar-refractivity contribution >= 4 is 23.0 Å². The highest BCUT2D eigenvalue weighted by molar-refractivity contribution is 7.11. The molecule has 0 radical (unpaired) electrons. The highest BCUT2D eigenvalue weighted by Gasteiger charge is 2.00. The number of thiazole rings is 1. The third-order valence-electron chi connectivity index (χ3n) is 1.23. The van der Waals surface area contributed by atoms with Crippen molar-refractivity contribution < 1.29 is 9.90 Å². The SMILES string of the molecule is C/C(=N/NC(=O)CO)c1nccs1. The maximum absolute atomic E-state index is 10.6. The van der Waals surface area contributed by atoms with E-state index in [1.807, 2.05) is 5.38 Å². The molecular formula is C7H9N3O2S. The third kappa shape index (κ3) is 2.92. The first kappa shape index (κ1) is 9.82. The van der Waals surface area contributed by atoms with Gasteiger partial charge in [0.25, 0.3) is 5.91 Å². The van der Waals surface area contributed by atoms with Crippen molar-refractivity contribution in [2.24, 2.45) is 5.10 Å². The molecule has 1 aromatic heterocycles. The number of aliphatic hydroxyl groups excluding tert-OH is 1. The molecule has 0 aliphatic carbocycles. The molecule has 0 unspecified atom stereocenters. The average Bonchev–Trinajstić information content (AvgIpc) is 2.66. The van der Waals surface area contributed by atoms with Gasteiger partial charge < -0.3 is 5.11 Å². The largest absolute Gasteiger partial charge is 0.386 e. The molecule has 1 amide bonds. The second-order valence-corrected chi connectivity index (χ2v) is 3.12. The lowest BCUT2D eigenvalue weighted by Gasteiger charge is -1.96. The Kier molecular flexibility index (Phi) is 3.53. The Balaban J connectivity index is 2.57. The first-order chi connectivity index (χ1) is 6.24. The zero-order chi connectivity index (χ0) is 9.68. The summed E-state index contributed by atoms with van der Waals surface area (Å²) in [6.45, 7) is 1.17. The lowest BCUT2D eigenvalue weighted by Crippen LogP contribution is -2.22. The molecule has 1 rings (SSSR count). The quantitative estimate of drug-likeness (QED) is 0.530. The number of rotatable bonds is 3. The van der Waals surface area contributed by atoms with Crippen molar-refractivity contribution in [3.05, 3.63) is 16.6 Å². The van der Waals surface area contributed by atoms with Gasteiger partial charge in [-0.1, -0.05) is 0 Å². The number of hydrogen-bond donors (Lipinski definition) is 2. The molecule has 0 bridgehead atoms. The first-order valence-corrected chi connectivity index (χ1v) is 4.46. The highest BCUT2D eigenvalue weighted by Crippen LogP contribution is 2.04. The average molecular weight is 199 g/mol. The van der Waals surface area contributed by atoms with Gasteiger partial charge in [0.2, 0.25) is 0 Å². The fourth-order valence-electron chi connectivity index (χ4n) is 0.632. The van der Waals surface area contributed by atoms with E-state index in [-0.39, 0.29) is 0 Å². The maximum Gasteiger partial charge on any atom is 0.265 e. The minimum Gasteiger partial charge on any atom is -0.386 e. The zero-order valence-corrected chi connectivity index (χ0v) is 7.84. The Labute approximate surface area is 79.1 Å². The normalized spacial score (nSPS) is 11.4. The van der Waals surface area contributed by atoms with Crippen LogP contribution in [0.5, 0.6) is 0 Å². The van der Waals surface area contributed by atoms with Crippen LogP contribution < -0.4 is 5.43 Å². The van der Waals surface area contributed by atoms with Crippen LogP contribution >= 0.6 is 11.3 Å². The minimum atomic E-state index is -0.561. The van der Waals surface area contributed by atoms with Gasteiger partial charge in [0, 0.05) is 11.6 Å². The number of nitrogens with one attached hydrogen (secondary N) is 1. The Hall–Kier alpha value is -1.27. The van der Waals surface area contributed by atoms with E-state index in [1.165, 1.54) is 11.3 Å². The van der Waals surface area contributed by atoms with E-state index in [4.69, 9.17) is 5.11 Å². The molecule has 5 nitrogen and oxygen atoms in total. The zero-order valence-electron chi connectivity index (χ0n) is 7.02. The molecule has 0 saturated carbocycles. The van der Waals surface area contributed by atoms with Crippen LogP contribution in [0.2, 0.25) is 0 Å². The summed E-state index contributed by atoms with van der Waals surface area (Å²) >= 11 is 1.43. The van der Waals surface area contributed by atoms with Crippen LogP contribution in [0, 0.1) is 0 Å². The number of nitrogens with zero attached hydrogens (tertiary/aromatic N) is 2. The number of aromatic nitrogens is 1. The molecule has 2 N–H and O–H groups in total. The second-order valence-electron chi connectivity index (χ2n) is 2.23. The van der Waals surface area contributed by atoms with Gasteiger partial charge in [0.1, 0.15) is 11.6 Å². The molecule has 0 aliphatic heterocycles. The van der Waals surface area contributed by atoms with Crippen LogP contribution in [0.3, 0.4) is 0 Å². The molecule has 0 fully saturated rings. The lowest BCUT2D eigenvalue weighted by atomic mass is 10.4. The van der Waals surface area contributed by atoms with Gasteiger partial charge in [0.15, 0.2) is 0 Å². The molecule has 0 spiro atoms. The number of hydrogen-bond acceptors (Lipinski definition) is 5. The molecule has 13 heavy (non-hydrogen) atoms. The molecule has 0 saturated heterocycles. The lowest BCUT2D eigenvalue weighted by molar-refractivity contribution is -0.123. The van der Waals surface area contributed by atoms with Crippen LogP contribution in [0.15, 0.2) is 16.7 Å². The van der Waals surface area contributed by atoms with E-state index in [0.29, 0.717) is 5.71 Å². The third-order valence-corrected chi connectivity index (χ3v) is 2.12. The van der Waals surface area contributed by atoms with Crippen LogP contribution in [-0.2, 0) is 4.79 Å². The number of hydrazone groups is 1. The Morgan fingerprint density at radius 3 is 3.15 bits per heavy atom. The highest BCUT2D eigenvalue weighted by atomic mass is 32.1. The van der Waals surface area contributed by atoms with Gasteiger partial charge in [-0.2, -0.15) is 5.10 Å². The van der Waals surface area contributed by atoms with Crippen LogP contribution in [0.1, 0.15) is 11.9 Å². The van der Waals surface area contributed by atoms with Gasteiger partial charge >= 0.3 is 0 Å². The Morgan fingerprint density at radius 2 is 2.62 bits per heavy atom. The van der Waals surface area contributed by atoms with Crippen LogP contribution in [0.25, 0.3) is 0 Å². The molecule has 0 aliphatic rings. The molecule has 70 valence electrons. The molecular weight excluding hydrogens is 190 g/mol. The summed E-state index contributed by atoms with van der Waals surface area (Å²) in [6.07, 6.45) is 1.66. The van der Waals surface area contributed by atoms with E-state index in [0.717, 1.165) is 5.01 Å². The van der Waals surface area contributed by atoms with E-state index < -0.39 is 12.5 Å². The van der Waals surface area contributed by atoms with Crippen molar-refractivity contribution in [1.82, 2.24) is 10.4 Å². The van der Waals surface area contributed by atoms with E-state index >= 15 is 0 Å². The molecule has 0 aromatic carbocycles. The topological polar surface area (TPSA) is 74.6 Å².